The van der Waals surface area contributed by atoms with Crippen LogP contribution in [0.2, 0.25) is 0 Å². The van der Waals surface area contributed by atoms with E-state index in [1.807, 2.05) is 49.4 Å². The van der Waals surface area contributed by atoms with Crippen LogP contribution in [0.15, 0.2) is 60.8 Å². The summed E-state index contributed by atoms with van der Waals surface area (Å²) >= 11 is 0. The lowest BCUT2D eigenvalue weighted by Gasteiger charge is -2.23. The number of hydrogen-bond acceptors (Lipinski definition) is 5. The first-order valence-corrected chi connectivity index (χ1v) is 11.0. The predicted octanol–water partition coefficient (Wildman–Crippen LogP) is 4.46. The van der Waals surface area contributed by atoms with Crippen molar-refractivity contribution in [2.24, 2.45) is 5.41 Å². The molecule has 0 aliphatic heterocycles. The van der Waals surface area contributed by atoms with Gasteiger partial charge < -0.3 is 14.6 Å². The summed E-state index contributed by atoms with van der Waals surface area (Å²) in [6.07, 6.45) is 2.70. The second-order valence-corrected chi connectivity index (χ2v) is 8.63. The zero-order valence-electron chi connectivity index (χ0n) is 18.8. The van der Waals surface area contributed by atoms with Crippen LogP contribution in [0.1, 0.15) is 39.0 Å². The Labute approximate surface area is 193 Å². The van der Waals surface area contributed by atoms with Crippen LogP contribution in [0.5, 0.6) is 11.6 Å². The van der Waals surface area contributed by atoms with Crippen molar-refractivity contribution in [2.45, 2.75) is 32.6 Å². The molecule has 2 aromatic carbocycles. The summed E-state index contributed by atoms with van der Waals surface area (Å²) in [6.45, 7) is 2.44. The third-order valence-corrected chi connectivity index (χ3v) is 6.19. The van der Waals surface area contributed by atoms with Crippen LogP contribution < -0.4 is 9.47 Å². The van der Waals surface area contributed by atoms with Gasteiger partial charge in [0, 0.05) is 24.6 Å². The molecule has 0 unspecified atom stereocenters. The molecule has 6 heteroatoms. The Hall–Kier alpha value is -3.67. The lowest BCUT2D eigenvalue weighted by atomic mass is 9.79. The van der Waals surface area contributed by atoms with Crippen molar-refractivity contribution < 1.29 is 24.2 Å². The van der Waals surface area contributed by atoms with Gasteiger partial charge in [-0.15, -0.1) is 0 Å². The minimum atomic E-state index is -1.15. The first-order chi connectivity index (χ1) is 15.9. The number of benzene rings is 2. The number of ether oxygens (including phenoxy) is 2. The molecule has 1 aromatic heterocycles. The number of pyridine rings is 1. The fraction of sp³-hybridized carbons (Fsp3) is 0.296. The molecule has 0 amide bonds. The number of fused-ring (bicyclic) bond motifs is 1. The number of aliphatic carboxylic acids is 1. The second kappa shape index (κ2) is 9.45. The van der Waals surface area contributed by atoms with Crippen molar-refractivity contribution >= 4 is 11.8 Å². The molecule has 1 heterocycles. The van der Waals surface area contributed by atoms with E-state index >= 15 is 0 Å². The molecule has 0 bridgehead atoms. The summed E-state index contributed by atoms with van der Waals surface area (Å²) in [5.41, 5.74) is 3.48. The van der Waals surface area contributed by atoms with E-state index in [0.717, 1.165) is 16.7 Å². The molecule has 1 aliphatic rings. The van der Waals surface area contributed by atoms with E-state index in [1.165, 1.54) is 18.9 Å². The maximum atomic E-state index is 13.1. The van der Waals surface area contributed by atoms with E-state index in [0.29, 0.717) is 37.2 Å². The maximum Gasteiger partial charge on any atom is 0.310 e. The van der Waals surface area contributed by atoms with Gasteiger partial charge in [0.15, 0.2) is 11.5 Å². The Morgan fingerprint density at radius 1 is 1.06 bits per heavy atom. The highest BCUT2D eigenvalue weighted by atomic mass is 16.5. The number of aryl methyl sites for hydroxylation is 1. The van der Waals surface area contributed by atoms with Crippen molar-refractivity contribution in [3.63, 3.8) is 0 Å². The Balaban J connectivity index is 1.49. The predicted molar refractivity (Wildman–Crippen MR) is 124 cm³/mol. The molecule has 4 rings (SSSR count). The number of hydrogen-bond donors (Lipinski definition) is 1. The molecular weight excluding hydrogens is 418 g/mol. The molecule has 6 nitrogen and oxygen atoms in total. The number of methoxy groups -OCH3 is 1. The lowest BCUT2D eigenvalue weighted by molar-refractivity contribution is -0.148. The summed E-state index contributed by atoms with van der Waals surface area (Å²) in [6, 6.07) is 17.4. The zero-order valence-corrected chi connectivity index (χ0v) is 18.8. The average Bonchev–Trinajstić information content (AvgIpc) is 3.18. The van der Waals surface area contributed by atoms with Crippen molar-refractivity contribution in [2.75, 3.05) is 13.7 Å². The number of aromatic nitrogens is 1. The Kier molecular flexibility index (Phi) is 6.45. The molecule has 0 saturated carbocycles. The molecule has 0 fully saturated rings. The van der Waals surface area contributed by atoms with Gasteiger partial charge in [-0.05, 0) is 42.5 Å². The molecular formula is C27H27NO5. The van der Waals surface area contributed by atoms with Gasteiger partial charge in [0.1, 0.15) is 0 Å². The largest absolute Gasteiger partial charge is 0.488 e. The van der Waals surface area contributed by atoms with Crippen molar-refractivity contribution in [3.8, 4) is 11.6 Å². The van der Waals surface area contributed by atoms with Gasteiger partial charge in [0.25, 0.3) is 5.88 Å². The molecule has 0 atom stereocenters. The highest BCUT2D eigenvalue weighted by Gasteiger charge is 2.45. The van der Waals surface area contributed by atoms with Crippen LogP contribution in [-0.2, 0) is 24.1 Å². The van der Waals surface area contributed by atoms with Crippen LogP contribution in [0.25, 0.3) is 0 Å². The Morgan fingerprint density at radius 3 is 2.42 bits per heavy atom. The second-order valence-electron chi connectivity index (χ2n) is 8.63. The maximum absolute atomic E-state index is 13.1. The van der Waals surface area contributed by atoms with Gasteiger partial charge in [0.2, 0.25) is 0 Å². The van der Waals surface area contributed by atoms with E-state index in [2.05, 4.69) is 11.1 Å². The standard InChI is InChI=1S/C27H27NO5/c1-18-6-5-7-19(12-18)10-11-33-24-13-22(17-28-25(24)32-2)23(29)16-27(26(30)31)14-20-8-3-4-9-21(20)15-27/h3-9,12-13,17H,10-11,14-16H2,1-2H3,(H,30,31). The topological polar surface area (TPSA) is 85.7 Å². The molecule has 0 radical (unpaired) electrons. The SMILES string of the molecule is COc1ncc(C(=O)CC2(C(=O)O)Cc3ccccc3C2)cc1OCCc1cccc(C)c1. The quantitative estimate of drug-likeness (QED) is 0.490. The van der Waals surface area contributed by atoms with E-state index in [-0.39, 0.29) is 18.1 Å². The molecule has 1 N–H and O–H groups in total. The number of ketones is 1. The molecule has 3 aromatic rings. The van der Waals surface area contributed by atoms with E-state index in [4.69, 9.17) is 9.47 Å². The van der Waals surface area contributed by atoms with Crippen LogP contribution in [-0.4, -0.2) is 35.6 Å². The number of Topliss-reactive ketones (excluding diaryl/α,β-unsaturated/α-hetero) is 1. The fourth-order valence-electron chi connectivity index (χ4n) is 4.44. The molecule has 0 saturated heterocycles. The summed E-state index contributed by atoms with van der Waals surface area (Å²) in [4.78, 5) is 29.6. The highest BCUT2D eigenvalue weighted by Crippen LogP contribution is 2.41. The normalized spacial score (nSPS) is 13.9. The summed E-state index contributed by atoms with van der Waals surface area (Å²) in [5.74, 6) is -0.570. The van der Waals surface area contributed by atoms with Gasteiger partial charge in [-0.2, -0.15) is 0 Å². The third kappa shape index (κ3) is 4.90. The minimum Gasteiger partial charge on any atom is -0.488 e. The first-order valence-electron chi connectivity index (χ1n) is 11.0. The smallest absolute Gasteiger partial charge is 0.310 e. The van der Waals surface area contributed by atoms with Crippen LogP contribution in [0.4, 0.5) is 0 Å². The summed E-state index contributed by atoms with van der Waals surface area (Å²) in [5, 5.41) is 10.00. The fourth-order valence-corrected chi connectivity index (χ4v) is 4.44. The number of carbonyl (C=O) groups is 2. The van der Waals surface area contributed by atoms with Crippen LogP contribution in [0.3, 0.4) is 0 Å². The number of nitrogens with zero attached hydrogens (tertiary/aromatic N) is 1. The molecule has 33 heavy (non-hydrogen) atoms. The van der Waals surface area contributed by atoms with Crippen molar-refractivity contribution in [1.82, 2.24) is 4.98 Å². The first kappa shape index (κ1) is 22.5. The van der Waals surface area contributed by atoms with Gasteiger partial charge >= 0.3 is 5.97 Å². The molecule has 1 aliphatic carbocycles. The van der Waals surface area contributed by atoms with E-state index in [9.17, 15) is 14.7 Å². The summed E-state index contributed by atoms with van der Waals surface area (Å²) in [7, 11) is 1.49. The molecule has 0 spiro atoms. The third-order valence-electron chi connectivity index (χ3n) is 6.19. The minimum absolute atomic E-state index is 0.103. The van der Waals surface area contributed by atoms with Gasteiger partial charge in [-0.1, -0.05) is 54.1 Å². The van der Waals surface area contributed by atoms with Gasteiger partial charge in [-0.25, -0.2) is 4.98 Å². The van der Waals surface area contributed by atoms with E-state index in [1.54, 1.807) is 6.07 Å². The number of carboxylic acid groups (broad SMARTS) is 1. The average molecular weight is 446 g/mol. The van der Waals surface area contributed by atoms with Gasteiger partial charge in [0.05, 0.1) is 19.1 Å². The molecule has 170 valence electrons. The van der Waals surface area contributed by atoms with E-state index < -0.39 is 11.4 Å². The highest BCUT2D eigenvalue weighted by molar-refractivity contribution is 5.99. The zero-order chi connectivity index (χ0) is 23.4. The van der Waals surface area contributed by atoms with Crippen molar-refractivity contribution in [3.05, 3.63) is 88.6 Å². The number of carboxylic acids is 1. The Bertz CT molecular complexity index is 1160. The summed E-state index contributed by atoms with van der Waals surface area (Å²) < 4.78 is 11.2. The van der Waals surface area contributed by atoms with Crippen LogP contribution >= 0.6 is 0 Å². The number of carbonyl (C=O) groups excluding carboxylic acids is 1. The van der Waals surface area contributed by atoms with Gasteiger partial charge in [-0.3, -0.25) is 9.59 Å². The van der Waals surface area contributed by atoms with Crippen molar-refractivity contribution in [1.29, 1.82) is 0 Å². The monoisotopic (exact) mass is 445 g/mol. The Morgan fingerprint density at radius 2 is 1.79 bits per heavy atom. The lowest BCUT2D eigenvalue weighted by Crippen LogP contribution is -2.34. The number of rotatable bonds is 9. The van der Waals surface area contributed by atoms with Crippen LogP contribution in [0, 0.1) is 12.3 Å².